The first-order valence-electron chi connectivity index (χ1n) is 8.77. The van der Waals surface area contributed by atoms with Gasteiger partial charge in [-0.3, -0.25) is 9.59 Å². The molecule has 0 radical (unpaired) electrons. The molecular formula is C18H27N3O2S. The molecule has 1 saturated heterocycles. The molecule has 1 aliphatic rings. The van der Waals surface area contributed by atoms with Gasteiger partial charge < -0.3 is 10.2 Å². The summed E-state index contributed by atoms with van der Waals surface area (Å²) in [6.45, 7) is 6.15. The first kappa shape index (κ1) is 18.6. The number of thiazole rings is 1. The molecular weight excluding hydrogens is 322 g/mol. The zero-order chi connectivity index (χ0) is 17.4. The minimum Gasteiger partial charge on any atom is -0.356 e. The third kappa shape index (κ3) is 5.74. The van der Waals surface area contributed by atoms with E-state index in [1.54, 1.807) is 23.5 Å². The molecule has 2 heterocycles. The Morgan fingerprint density at radius 3 is 2.75 bits per heavy atom. The van der Waals surface area contributed by atoms with Crippen molar-refractivity contribution in [2.24, 2.45) is 5.92 Å². The van der Waals surface area contributed by atoms with Crippen LogP contribution in [0.2, 0.25) is 0 Å². The van der Waals surface area contributed by atoms with Crippen molar-refractivity contribution in [3.05, 3.63) is 22.2 Å². The van der Waals surface area contributed by atoms with Crippen molar-refractivity contribution < 1.29 is 9.59 Å². The number of carbonyl (C=O) groups is 2. The van der Waals surface area contributed by atoms with Crippen LogP contribution in [0.4, 0.5) is 0 Å². The summed E-state index contributed by atoms with van der Waals surface area (Å²) < 4.78 is 0. The van der Waals surface area contributed by atoms with Gasteiger partial charge in [0.15, 0.2) is 0 Å². The number of piperidine rings is 1. The summed E-state index contributed by atoms with van der Waals surface area (Å²) in [5.74, 6) is 0.190. The zero-order valence-corrected chi connectivity index (χ0v) is 15.4. The fourth-order valence-corrected chi connectivity index (χ4v) is 3.39. The van der Waals surface area contributed by atoms with Gasteiger partial charge in [-0.1, -0.05) is 19.8 Å². The topological polar surface area (TPSA) is 62.3 Å². The van der Waals surface area contributed by atoms with Crippen LogP contribution in [0.15, 0.2) is 11.5 Å². The average Bonchev–Trinajstić information content (AvgIpc) is 3.02. The highest BCUT2D eigenvalue weighted by atomic mass is 32.1. The lowest BCUT2D eigenvalue weighted by molar-refractivity contribution is -0.132. The number of hydrogen-bond donors (Lipinski definition) is 1. The molecule has 0 bridgehead atoms. The number of likely N-dealkylation sites (tertiary alicyclic amines) is 1. The Balaban J connectivity index is 1.72. The summed E-state index contributed by atoms with van der Waals surface area (Å²) in [7, 11) is 0. The first-order chi connectivity index (χ1) is 11.6. The molecule has 0 unspecified atom stereocenters. The lowest BCUT2D eigenvalue weighted by Gasteiger charge is -2.30. The third-order valence-electron chi connectivity index (χ3n) is 4.29. The van der Waals surface area contributed by atoms with Gasteiger partial charge in [0.2, 0.25) is 11.8 Å². The molecule has 0 saturated carbocycles. The number of nitrogens with zero attached hydrogens (tertiary/aromatic N) is 2. The first-order valence-corrected chi connectivity index (χ1v) is 9.65. The van der Waals surface area contributed by atoms with E-state index in [4.69, 9.17) is 0 Å². The maximum atomic E-state index is 12.2. The third-order valence-corrected chi connectivity index (χ3v) is 5.08. The molecule has 1 fully saturated rings. The summed E-state index contributed by atoms with van der Waals surface area (Å²) in [5, 5.41) is 5.95. The number of hydrogen-bond acceptors (Lipinski definition) is 4. The van der Waals surface area contributed by atoms with Crippen LogP contribution in [0.1, 0.15) is 49.7 Å². The molecule has 1 N–H and O–H groups in total. The number of amides is 2. The van der Waals surface area contributed by atoms with Crippen LogP contribution in [0, 0.1) is 12.8 Å². The monoisotopic (exact) mass is 349 g/mol. The zero-order valence-electron chi connectivity index (χ0n) is 14.6. The predicted molar refractivity (Wildman–Crippen MR) is 97.7 cm³/mol. The highest BCUT2D eigenvalue weighted by Gasteiger charge is 2.26. The lowest BCUT2D eigenvalue weighted by Crippen LogP contribution is -2.42. The molecule has 1 aromatic rings. The molecule has 0 aliphatic carbocycles. The van der Waals surface area contributed by atoms with Gasteiger partial charge in [0.05, 0.1) is 10.7 Å². The van der Waals surface area contributed by atoms with Crippen molar-refractivity contribution in [2.45, 2.75) is 46.0 Å². The maximum Gasteiger partial charge on any atom is 0.246 e. The van der Waals surface area contributed by atoms with Crippen molar-refractivity contribution in [3.8, 4) is 0 Å². The van der Waals surface area contributed by atoms with Gasteiger partial charge in [0.25, 0.3) is 0 Å². The van der Waals surface area contributed by atoms with Gasteiger partial charge in [-0.15, -0.1) is 11.3 Å². The van der Waals surface area contributed by atoms with E-state index in [0.29, 0.717) is 13.1 Å². The molecule has 0 spiro atoms. The van der Waals surface area contributed by atoms with E-state index in [1.807, 2.05) is 17.2 Å². The van der Waals surface area contributed by atoms with Crippen molar-refractivity contribution in [1.82, 2.24) is 15.2 Å². The molecule has 0 atom stereocenters. The fraction of sp³-hybridized carbons (Fsp3) is 0.611. The molecule has 24 heavy (non-hydrogen) atoms. The van der Waals surface area contributed by atoms with Crippen LogP contribution in [0.5, 0.6) is 0 Å². The summed E-state index contributed by atoms with van der Waals surface area (Å²) in [5.41, 5.74) is 0.826. The highest BCUT2D eigenvalue weighted by molar-refractivity contribution is 7.09. The van der Waals surface area contributed by atoms with Gasteiger partial charge in [-0.25, -0.2) is 4.98 Å². The van der Waals surface area contributed by atoms with Crippen LogP contribution in [-0.4, -0.2) is 41.3 Å². The average molecular weight is 350 g/mol. The van der Waals surface area contributed by atoms with E-state index in [1.165, 1.54) is 0 Å². The van der Waals surface area contributed by atoms with E-state index in [9.17, 15) is 9.59 Å². The SMILES string of the molecule is CCCCCNC(=O)C1CCN(C(=O)C=Cc2csc(C)n2)CC1. The van der Waals surface area contributed by atoms with E-state index in [-0.39, 0.29) is 17.7 Å². The fourth-order valence-electron chi connectivity index (χ4n) is 2.81. The van der Waals surface area contributed by atoms with Crippen LogP contribution >= 0.6 is 11.3 Å². The van der Waals surface area contributed by atoms with Gasteiger partial charge in [0.1, 0.15) is 0 Å². The molecule has 0 aromatic carbocycles. The lowest BCUT2D eigenvalue weighted by atomic mass is 9.95. The molecule has 2 rings (SSSR count). The van der Waals surface area contributed by atoms with Crippen LogP contribution in [0.25, 0.3) is 6.08 Å². The van der Waals surface area contributed by atoms with Crippen molar-refractivity contribution in [2.75, 3.05) is 19.6 Å². The van der Waals surface area contributed by atoms with Crippen molar-refractivity contribution in [1.29, 1.82) is 0 Å². The van der Waals surface area contributed by atoms with Gasteiger partial charge in [-0.05, 0) is 32.3 Å². The van der Waals surface area contributed by atoms with E-state index < -0.39 is 0 Å². The van der Waals surface area contributed by atoms with Crippen LogP contribution in [-0.2, 0) is 9.59 Å². The Morgan fingerprint density at radius 2 is 2.12 bits per heavy atom. The molecule has 1 aliphatic heterocycles. The minimum absolute atomic E-state index is 0.00228. The highest BCUT2D eigenvalue weighted by Crippen LogP contribution is 2.18. The Morgan fingerprint density at radius 1 is 1.38 bits per heavy atom. The minimum atomic E-state index is 0.00228. The Kier molecular flexibility index (Phi) is 7.43. The maximum absolute atomic E-state index is 12.2. The normalized spacial score (nSPS) is 15.8. The van der Waals surface area contributed by atoms with E-state index in [2.05, 4.69) is 17.2 Å². The van der Waals surface area contributed by atoms with Crippen molar-refractivity contribution >= 4 is 29.2 Å². The predicted octanol–water partition coefficient (Wildman–Crippen LogP) is 3.01. The largest absolute Gasteiger partial charge is 0.356 e. The second kappa shape index (κ2) is 9.57. The summed E-state index contributed by atoms with van der Waals surface area (Å²) in [4.78, 5) is 30.5. The summed E-state index contributed by atoms with van der Waals surface area (Å²) in [6, 6.07) is 0. The Hall–Kier alpha value is -1.69. The molecule has 6 heteroatoms. The van der Waals surface area contributed by atoms with E-state index in [0.717, 1.165) is 49.4 Å². The van der Waals surface area contributed by atoms with E-state index >= 15 is 0 Å². The van der Waals surface area contributed by atoms with Crippen molar-refractivity contribution in [3.63, 3.8) is 0 Å². The molecule has 2 amide bonds. The number of aromatic nitrogens is 1. The number of nitrogens with one attached hydrogen (secondary N) is 1. The molecule has 1 aromatic heterocycles. The summed E-state index contributed by atoms with van der Waals surface area (Å²) >= 11 is 1.57. The van der Waals surface area contributed by atoms with Gasteiger partial charge in [0, 0.05) is 37.0 Å². The van der Waals surface area contributed by atoms with Gasteiger partial charge >= 0.3 is 0 Å². The van der Waals surface area contributed by atoms with Crippen LogP contribution < -0.4 is 5.32 Å². The second-order valence-corrected chi connectivity index (χ2v) is 7.28. The molecule has 5 nitrogen and oxygen atoms in total. The van der Waals surface area contributed by atoms with Crippen LogP contribution in [0.3, 0.4) is 0 Å². The Labute approximate surface area is 148 Å². The molecule has 132 valence electrons. The standard InChI is InChI=1S/C18H27N3O2S/c1-3-4-5-10-19-18(23)15-8-11-21(12-9-15)17(22)7-6-16-13-24-14(2)20-16/h6-7,13,15H,3-5,8-12H2,1-2H3,(H,19,23). The summed E-state index contributed by atoms with van der Waals surface area (Å²) in [6.07, 6.45) is 8.19. The second-order valence-electron chi connectivity index (χ2n) is 6.22. The Bertz CT molecular complexity index is 575. The number of unbranched alkanes of at least 4 members (excludes halogenated alkanes) is 2. The number of carbonyl (C=O) groups excluding carboxylic acids is 2. The smallest absolute Gasteiger partial charge is 0.246 e. The quantitative estimate of drug-likeness (QED) is 0.608. The number of rotatable bonds is 7. The number of aryl methyl sites for hydroxylation is 1. The van der Waals surface area contributed by atoms with Gasteiger partial charge in [-0.2, -0.15) is 0 Å².